The van der Waals surface area contributed by atoms with E-state index in [4.69, 9.17) is 9.84 Å². The molecule has 0 aliphatic heterocycles. The SMILES string of the molecule is CC(C)OCCNCc1c(C(=O)O)cnn1C. The molecule has 0 aliphatic rings. The summed E-state index contributed by atoms with van der Waals surface area (Å²) < 4.78 is 6.94. The van der Waals surface area contributed by atoms with Gasteiger partial charge in [-0.1, -0.05) is 0 Å². The van der Waals surface area contributed by atoms with Gasteiger partial charge in [-0.05, 0) is 13.8 Å². The third-order valence-corrected chi connectivity index (χ3v) is 2.31. The number of aromatic nitrogens is 2. The van der Waals surface area contributed by atoms with E-state index in [2.05, 4.69) is 10.4 Å². The zero-order valence-corrected chi connectivity index (χ0v) is 10.4. The molecule has 0 bridgehead atoms. The standard InChI is InChI=1S/C11H19N3O3/c1-8(2)17-5-4-12-7-10-9(11(15)16)6-13-14(10)3/h6,8,12H,4-5,7H2,1-3H3,(H,15,16). The van der Waals surface area contributed by atoms with E-state index in [1.165, 1.54) is 6.20 Å². The maximum Gasteiger partial charge on any atom is 0.339 e. The average molecular weight is 241 g/mol. The fraction of sp³-hybridized carbons (Fsp3) is 0.636. The molecule has 6 nitrogen and oxygen atoms in total. The lowest BCUT2D eigenvalue weighted by Crippen LogP contribution is -2.23. The van der Waals surface area contributed by atoms with E-state index in [-0.39, 0.29) is 11.7 Å². The van der Waals surface area contributed by atoms with Crippen LogP contribution in [0.4, 0.5) is 0 Å². The zero-order chi connectivity index (χ0) is 12.8. The van der Waals surface area contributed by atoms with Crippen LogP contribution in [0.1, 0.15) is 29.9 Å². The Morgan fingerprint density at radius 3 is 2.94 bits per heavy atom. The Kier molecular flexibility index (Phi) is 5.11. The van der Waals surface area contributed by atoms with E-state index in [0.717, 1.165) is 0 Å². The number of rotatable bonds is 7. The Balaban J connectivity index is 2.41. The third kappa shape index (κ3) is 4.16. The normalized spacial score (nSPS) is 11.1. The lowest BCUT2D eigenvalue weighted by Gasteiger charge is -2.09. The summed E-state index contributed by atoms with van der Waals surface area (Å²) in [6, 6.07) is 0. The number of carbonyl (C=O) groups is 1. The van der Waals surface area contributed by atoms with Crippen LogP contribution in [0.15, 0.2) is 6.20 Å². The van der Waals surface area contributed by atoms with Gasteiger partial charge in [0.05, 0.1) is 24.6 Å². The lowest BCUT2D eigenvalue weighted by atomic mass is 10.2. The Hall–Kier alpha value is -1.40. The minimum atomic E-state index is -0.951. The second-order valence-electron chi connectivity index (χ2n) is 4.03. The van der Waals surface area contributed by atoms with Gasteiger partial charge in [0.25, 0.3) is 0 Å². The molecule has 0 spiro atoms. The molecule has 0 fully saturated rings. The van der Waals surface area contributed by atoms with Gasteiger partial charge in [0.1, 0.15) is 5.56 Å². The molecule has 0 amide bonds. The molecule has 1 heterocycles. The molecule has 17 heavy (non-hydrogen) atoms. The molecule has 96 valence electrons. The predicted molar refractivity (Wildman–Crippen MR) is 63.0 cm³/mol. The Bertz CT molecular complexity index is 374. The number of hydrogen-bond acceptors (Lipinski definition) is 4. The van der Waals surface area contributed by atoms with E-state index < -0.39 is 5.97 Å². The summed E-state index contributed by atoms with van der Waals surface area (Å²) in [4.78, 5) is 10.9. The molecule has 1 rings (SSSR count). The quantitative estimate of drug-likeness (QED) is 0.685. The number of hydrogen-bond donors (Lipinski definition) is 2. The van der Waals surface area contributed by atoms with Gasteiger partial charge in [-0.25, -0.2) is 4.79 Å². The van der Waals surface area contributed by atoms with Gasteiger partial charge >= 0.3 is 5.97 Å². The van der Waals surface area contributed by atoms with Crippen LogP contribution < -0.4 is 5.32 Å². The number of carboxylic acid groups (broad SMARTS) is 1. The maximum absolute atomic E-state index is 10.9. The van der Waals surface area contributed by atoms with Gasteiger partial charge < -0.3 is 15.2 Å². The first-order valence-electron chi connectivity index (χ1n) is 5.59. The largest absolute Gasteiger partial charge is 0.478 e. The molecule has 6 heteroatoms. The van der Waals surface area contributed by atoms with Gasteiger partial charge in [-0.3, -0.25) is 4.68 Å². The van der Waals surface area contributed by atoms with Crippen LogP contribution in [0.2, 0.25) is 0 Å². The molecule has 0 radical (unpaired) electrons. The lowest BCUT2D eigenvalue weighted by molar-refractivity contribution is 0.0695. The summed E-state index contributed by atoms with van der Waals surface area (Å²) in [6.45, 7) is 5.72. The Morgan fingerprint density at radius 2 is 2.35 bits per heavy atom. The zero-order valence-electron chi connectivity index (χ0n) is 10.4. The van der Waals surface area contributed by atoms with E-state index >= 15 is 0 Å². The fourth-order valence-corrected chi connectivity index (χ4v) is 1.42. The highest BCUT2D eigenvalue weighted by Gasteiger charge is 2.13. The molecule has 0 unspecified atom stereocenters. The topological polar surface area (TPSA) is 76.4 Å². The first-order chi connectivity index (χ1) is 8.02. The molecular formula is C11H19N3O3. The molecule has 0 saturated heterocycles. The fourth-order valence-electron chi connectivity index (χ4n) is 1.42. The number of carboxylic acids is 1. The van der Waals surface area contributed by atoms with Gasteiger partial charge in [0, 0.05) is 20.1 Å². The minimum absolute atomic E-state index is 0.211. The third-order valence-electron chi connectivity index (χ3n) is 2.31. The van der Waals surface area contributed by atoms with Gasteiger partial charge in [0.2, 0.25) is 0 Å². The highest BCUT2D eigenvalue weighted by atomic mass is 16.5. The summed E-state index contributed by atoms with van der Waals surface area (Å²) in [5, 5.41) is 16.0. The van der Waals surface area contributed by atoms with Crippen LogP contribution >= 0.6 is 0 Å². The number of aryl methyl sites for hydroxylation is 1. The van der Waals surface area contributed by atoms with Crippen LogP contribution in [0.25, 0.3) is 0 Å². The monoisotopic (exact) mass is 241 g/mol. The number of ether oxygens (including phenoxy) is 1. The second kappa shape index (κ2) is 6.36. The summed E-state index contributed by atoms with van der Waals surface area (Å²) in [5.74, 6) is -0.951. The van der Waals surface area contributed by atoms with Crippen molar-refractivity contribution in [3.63, 3.8) is 0 Å². The Morgan fingerprint density at radius 1 is 1.65 bits per heavy atom. The van der Waals surface area contributed by atoms with Crippen LogP contribution in [0.3, 0.4) is 0 Å². The van der Waals surface area contributed by atoms with Crippen LogP contribution in [-0.2, 0) is 18.3 Å². The van der Waals surface area contributed by atoms with Crippen molar-refractivity contribution in [2.24, 2.45) is 7.05 Å². The molecule has 0 atom stereocenters. The van der Waals surface area contributed by atoms with E-state index in [1.807, 2.05) is 13.8 Å². The van der Waals surface area contributed by atoms with Crippen LogP contribution in [-0.4, -0.2) is 40.1 Å². The molecule has 0 saturated carbocycles. The van der Waals surface area contributed by atoms with Gasteiger partial charge in [-0.2, -0.15) is 5.10 Å². The molecule has 1 aromatic heterocycles. The number of nitrogens with zero attached hydrogens (tertiary/aromatic N) is 2. The van der Waals surface area contributed by atoms with E-state index in [1.54, 1.807) is 11.7 Å². The van der Waals surface area contributed by atoms with Gasteiger partial charge in [0.15, 0.2) is 0 Å². The number of nitrogens with one attached hydrogen (secondary N) is 1. The van der Waals surface area contributed by atoms with Crippen molar-refractivity contribution < 1.29 is 14.6 Å². The van der Waals surface area contributed by atoms with Crippen molar-refractivity contribution in [3.05, 3.63) is 17.5 Å². The number of aromatic carboxylic acids is 1. The summed E-state index contributed by atoms with van der Waals surface area (Å²) in [6.07, 6.45) is 1.58. The van der Waals surface area contributed by atoms with Crippen molar-refractivity contribution in [3.8, 4) is 0 Å². The highest BCUT2D eigenvalue weighted by Crippen LogP contribution is 2.06. The first-order valence-corrected chi connectivity index (χ1v) is 5.59. The molecule has 0 aromatic carbocycles. The molecule has 2 N–H and O–H groups in total. The van der Waals surface area contributed by atoms with E-state index in [9.17, 15) is 4.79 Å². The second-order valence-corrected chi connectivity index (χ2v) is 4.03. The summed E-state index contributed by atoms with van der Waals surface area (Å²) >= 11 is 0. The Labute approximate surface area is 101 Å². The van der Waals surface area contributed by atoms with Crippen LogP contribution in [0, 0.1) is 0 Å². The average Bonchev–Trinajstić information content (AvgIpc) is 2.59. The highest BCUT2D eigenvalue weighted by molar-refractivity contribution is 5.88. The van der Waals surface area contributed by atoms with Crippen molar-refractivity contribution in [1.29, 1.82) is 0 Å². The smallest absolute Gasteiger partial charge is 0.339 e. The van der Waals surface area contributed by atoms with E-state index in [0.29, 0.717) is 25.4 Å². The van der Waals surface area contributed by atoms with Crippen molar-refractivity contribution >= 4 is 5.97 Å². The summed E-state index contributed by atoms with van der Waals surface area (Å²) in [5.41, 5.74) is 0.909. The first kappa shape index (κ1) is 13.7. The van der Waals surface area contributed by atoms with Crippen molar-refractivity contribution in [1.82, 2.24) is 15.1 Å². The van der Waals surface area contributed by atoms with Gasteiger partial charge in [-0.15, -0.1) is 0 Å². The predicted octanol–water partition coefficient (Wildman–Crippen LogP) is 0.633. The molecular weight excluding hydrogens is 222 g/mol. The molecule has 0 aliphatic carbocycles. The van der Waals surface area contributed by atoms with Crippen molar-refractivity contribution in [2.75, 3.05) is 13.2 Å². The maximum atomic E-state index is 10.9. The summed E-state index contributed by atoms with van der Waals surface area (Å²) in [7, 11) is 1.73. The molecule has 1 aromatic rings. The van der Waals surface area contributed by atoms with Crippen molar-refractivity contribution in [2.45, 2.75) is 26.5 Å². The van der Waals surface area contributed by atoms with Crippen LogP contribution in [0.5, 0.6) is 0 Å². The minimum Gasteiger partial charge on any atom is -0.478 e.